The summed E-state index contributed by atoms with van der Waals surface area (Å²) in [5.41, 5.74) is 6.20. The lowest BCUT2D eigenvalue weighted by Crippen LogP contribution is -2.47. The van der Waals surface area contributed by atoms with Gasteiger partial charge in [-0.3, -0.25) is 4.79 Å². The summed E-state index contributed by atoms with van der Waals surface area (Å²) in [7, 11) is 0. The normalized spacial score (nSPS) is 18.2. The molecule has 1 fully saturated rings. The molecule has 0 bridgehead atoms. The number of nitrogens with one attached hydrogen (secondary N) is 1. The second-order valence-electron chi connectivity index (χ2n) is 5.37. The van der Waals surface area contributed by atoms with E-state index >= 15 is 0 Å². The number of amides is 1. The first kappa shape index (κ1) is 18.8. The van der Waals surface area contributed by atoms with Crippen LogP contribution in [0.4, 0.5) is 8.78 Å². The third kappa shape index (κ3) is 4.63. The van der Waals surface area contributed by atoms with Crippen LogP contribution in [-0.4, -0.2) is 25.2 Å². The number of halogens is 3. The molecule has 1 aliphatic heterocycles. The second kappa shape index (κ2) is 8.41. The van der Waals surface area contributed by atoms with E-state index in [9.17, 15) is 13.6 Å². The molecule has 2 rings (SSSR count). The van der Waals surface area contributed by atoms with E-state index in [0.717, 1.165) is 18.9 Å². The molecule has 1 aromatic carbocycles. The first-order chi connectivity index (χ1) is 9.99. The molecule has 22 heavy (non-hydrogen) atoms. The molecule has 7 heteroatoms. The zero-order valence-electron chi connectivity index (χ0n) is 12.4. The Morgan fingerprint density at radius 1 is 1.36 bits per heavy atom. The highest BCUT2D eigenvalue weighted by Gasteiger charge is 2.27. The van der Waals surface area contributed by atoms with Crippen LogP contribution in [0.5, 0.6) is 0 Å². The van der Waals surface area contributed by atoms with Crippen molar-refractivity contribution in [2.75, 3.05) is 13.2 Å². The van der Waals surface area contributed by atoms with Crippen LogP contribution >= 0.6 is 12.4 Å². The standard InChI is InChI=1S/C15H20F2N2O2.ClH/c1-9(12-3-2-11(16)8-13(12)17)19-15(20)14(18)10-4-6-21-7-5-10;/h2-3,8-10,14H,4-7,18H2,1H3,(H,19,20);1H/t9-,14?;/m1./s1. The van der Waals surface area contributed by atoms with Crippen molar-refractivity contribution in [3.05, 3.63) is 35.4 Å². The van der Waals surface area contributed by atoms with Crippen LogP contribution in [0.1, 0.15) is 31.4 Å². The molecule has 124 valence electrons. The van der Waals surface area contributed by atoms with Crippen LogP contribution in [-0.2, 0) is 9.53 Å². The quantitative estimate of drug-likeness (QED) is 0.888. The minimum atomic E-state index is -0.678. The molecule has 0 spiro atoms. The van der Waals surface area contributed by atoms with E-state index in [2.05, 4.69) is 5.32 Å². The van der Waals surface area contributed by atoms with Crippen molar-refractivity contribution in [2.45, 2.75) is 31.8 Å². The van der Waals surface area contributed by atoms with E-state index in [-0.39, 0.29) is 29.8 Å². The van der Waals surface area contributed by atoms with E-state index in [1.807, 2.05) is 0 Å². The lowest BCUT2D eigenvalue weighted by atomic mass is 9.91. The Morgan fingerprint density at radius 3 is 2.59 bits per heavy atom. The zero-order chi connectivity index (χ0) is 15.4. The maximum absolute atomic E-state index is 13.7. The fourth-order valence-corrected chi connectivity index (χ4v) is 2.53. The van der Waals surface area contributed by atoms with Gasteiger partial charge in [0.1, 0.15) is 11.6 Å². The van der Waals surface area contributed by atoms with Crippen molar-refractivity contribution < 1.29 is 18.3 Å². The SMILES string of the molecule is C[C@@H](NC(=O)C(N)C1CCOCC1)c1ccc(F)cc1F.Cl. The van der Waals surface area contributed by atoms with Gasteiger partial charge in [-0.2, -0.15) is 0 Å². The Kier molecular flexibility index (Phi) is 7.19. The van der Waals surface area contributed by atoms with E-state index < -0.39 is 23.7 Å². The van der Waals surface area contributed by atoms with Crippen LogP contribution in [0.15, 0.2) is 18.2 Å². The Morgan fingerprint density at radius 2 is 2.00 bits per heavy atom. The van der Waals surface area contributed by atoms with E-state index in [1.165, 1.54) is 12.1 Å². The molecule has 1 amide bonds. The maximum Gasteiger partial charge on any atom is 0.237 e. The van der Waals surface area contributed by atoms with Crippen molar-refractivity contribution in [3.8, 4) is 0 Å². The molecule has 0 saturated carbocycles. The second-order valence-corrected chi connectivity index (χ2v) is 5.37. The van der Waals surface area contributed by atoms with Gasteiger partial charge in [0.25, 0.3) is 0 Å². The summed E-state index contributed by atoms with van der Waals surface area (Å²) in [4.78, 5) is 12.1. The largest absolute Gasteiger partial charge is 0.381 e. The predicted molar refractivity (Wildman–Crippen MR) is 81.7 cm³/mol. The monoisotopic (exact) mass is 334 g/mol. The molecule has 3 N–H and O–H groups in total. The van der Waals surface area contributed by atoms with Gasteiger partial charge in [-0.15, -0.1) is 12.4 Å². The lowest BCUT2D eigenvalue weighted by molar-refractivity contribution is -0.125. The lowest BCUT2D eigenvalue weighted by Gasteiger charge is -2.28. The predicted octanol–water partition coefficient (Wildman–Crippen LogP) is 2.32. The van der Waals surface area contributed by atoms with Gasteiger partial charge in [-0.25, -0.2) is 8.78 Å². The summed E-state index contributed by atoms with van der Waals surface area (Å²) in [5.74, 6) is -1.57. The molecule has 4 nitrogen and oxygen atoms in total. The summed E-state index contributed by atoms with van der Waals surface area (Å²) in [5, 5.41) is 2.69. The van der Waals surface area contributed by atoms with E-state index in [4.69, 9.17) is 10.5 Å². The number of rotatable bonds is 4. The molecular formula is C15H21ClF2N2O2. The summed E-state index contributed by atoms with van der Waals surface area (Å²) in [6.07, 6.45) is 1.49. The Bertz CT molecular complexity index is 510. The van der Waals surface area contributed by atoms with Crippen molar-refractivity contribution in [1.29, 1.82) is 0 Å². The highest BCUT2D eigenvalue weighted by Crippen LogP contribution is 2.20. The molecule has 0 aliphatic carbocycles. The Balaban J connectivity index is 0.00000242. The average Bonchev–Trinajstić information content (AvgIpc) is 2.47. The van der Waals surface area contributed by atoms with Crippen molar-refractivity contribution in [3.63, 3.8) is 0 Å². The van der Waals surface area contributed by atoms with E-state index in [1.54, 1.807) is 6.92 Å². The first-order valence-electron chi connectivity index (χ1n) is 7.07. The van der Waals surface area contributed by atoms with Gasteiger partial charge in [-0.05, 0) is 31.7 Å². The van der Waals surface area contributed by atoms with Gasteiger partial charge in [0.15, 0.2) is 0 Å². The van der Waals surface area contributed by atoms with Crippen molar-refractivity contribution in [2.24, 2.45) is 11.7 Å². The van der Waals surface area contributed by atoms with Crippen LogP contribution < -0.4 is 11.1 Å². The minimum absolute atomic E-state index is 0. The van der Waals surface area contributed by atoms with Gasteiger partial charge >= 0.3 is 0 Å². The summed E-state index contributed by atoms with van der Waals surface area (Å²) >= 11 is 0. The molecule has 1 aliphatic rings. The van der Waals surface area contributed by atoms with Gasteiger partial charge < -0.3 is 15.8 Å². The fraction of sp³-hybridized carbons (Fsp3) is 0.533. The summed E-state index contributed by atoms with van der Waals surface area (Å²) < 4.78 is 31.8. The average molecular weight is 335 g/mol. The summed E-state index contributed by atoms with van der Waals surface area (Å²) in [6.45, 7) is 2.85. The first-order valence-corrected chi connectivity index (χ1v) is 7.07. The Hall–Kier alpha value is -1.24. The van der Waals surface area contributed by atoms with Crippen LogP contribution in [0, 0.1) is 17.6 Å². The Labute approximate surface area is 134 Å². The topological polar surface area (TPSA) is 64.4 Å². The van der Waals surface area contributed by atoms with E-state index in [0.29, 0.717) is 13.2 Å². The highest BCUT2D eigenvalue weighted by atomic mass is 35.5. The third-order valence-corrected chi connectivity index (χ3v) is 3.86. The van der Waals surface area contributed by atoms with Gasteiger partial charge in [0.2, 0.25) is 5.91 Å². The number of benzene rings is 1. The summed E-state index contributed by atoms with van der Waals surface area (Å²) in [6, 6.07) is 2.09. The number of ether oxygens (including phenoxy) is 1. The number of carbonyl (C=O) groups is 1. The molecule has 2 atom stereocenters. The number of nitrogens with two attached hydrogens (primary N) is 1. The van der Waals surface area contributed by atoms with Crippen molar-refractivity contribution in [1.82, 2.24) is 5.32 Å². The smallest absolute Gasteiger partial charge is 0.237 e. The van der Waals surface area contributed by atoms with Crippen molar-refractivity contribution >= 4 is 18.3 Å². The maximum atomic E-state index is 13.7. The fourth-order valence-electron chi connectivity index (χ4n) is 2.53. The molecule has 0 aromatic heterocycles. The minimum Gasteiger partial charge on any atom is -0.381 e. The molecule has 1 aromatic rings. The van der Waals surface area contributed by atoms with Gasteiger partial charge in [-0.1, -0.05) is 6.07 Å². The molecule has 1 saturated heterocycles. The molecule has 1 unspecified atom stereocenters. The number of carbonyl (C=O) groups excluding carboxylic acids is 1. The van der Waals surface area contributed by atoms with Crippen LogP contribution in [0.3, 0.4) is 0 Å². The molecule has 1 heterocycles. The number of hydrogen-bond donors (Lipinski definition) is 2. The highest BCUT2D eigenvalue weighted by molar-refractivity contribution is 5.85. The van der Waals surface area contributed by atoms with Gasteiger partial charge in [0, 0.05) is 24.8 Å². The molecular weight excluding hydrogens is 314 g/mol. The van der Waals surface area contributed by atoms with Crippen LogP contribution in [0.25, 0.3) is 0 Å². The third-order valence-electron chi connectivity index (χ3n) is 3.86. The zero-order valence-corrected chi connectivity index (χ0v) is 13.2. The molecule has 0 radical (unpaired) electrons. The van der Waals surface area contributed by atoms with Gasteiger partial charge in [0.05, 0.1) is 12.1 Å². The van der Waals surface area contributed by atoms with Crippen LogP contribution in [0.2, 0.25) is 0 Å². The number of hydrogen-bond acceptors (Lipinski definition) is 3.